The van der Waals surface area contributed by atoms with Crippen molar-refractivity contribution in [2.45, 2.75) is 0 Å². The average molecular weight is 377 g/mol. The van der Waals surface area contributed by atoms with Crippen molar-refractivity contribution >= 4 is 40.1 Å². The zero-order valence-electron chi connectivity index (χ0n) is 11.5. The molecule has 0 aliphatic rings. The van der Waals surface area contributed by atoms with E-state index in [2.05, 4.69) is 22.6 Å². The summed E-state index contributed by atoms with van der Waals surface area (Å²) in [5, 5.41) is 0. The van der Waals surface area contributed by atoms with Gasteiger partial charge in [-0.15, -0.1) is 0 Å². The fraction of sp³-hybridized carbons (Fsp3) is 0.118. The van der Waals surface area contributed by atoms with E-state index >= 15 is 0 Å². The van der Waals surface area contributed by atoms with Crippen LogP contribution in [-0.2, 0) is 0 Å². The molecule has 0 saturated carbocycles. The van der Waals surface area contributed by atoms with Crippen molar-refractivity contribution in [3.8, 4) is 0 Å². The predicted molar refractivity (Wildman–Crippen MR) is 93.3 cm³/mol. The molecule has 3 heteroatoms. The molecule has 0 fully saturated rings. The van der Waals surface area contributed by atoms with Crippen molar-refractivity contribution in [1.29, 1.82) is 0 Å². The first-order chi connectivity index (χ1) is 9.56. The van der Waals surface area contributed by atoms with Crippen molar-refractivity contribution in [1.82, 2.24) is 0 Å². The van der Waals surface area contributed by atoms with Crippen molar-refractivity contribution in [3.05, 3.63) is 69.3 Å². The van der Waals surface area contributed by atoms with E-state index in [1.165, 1.54) is 0 Å². The van der Waals surface area contributed by atoms with Gasteiger partial charge in [0.15, 0.2) is 5.78 Å². The second-order valence-electron chi connectivity index (χ2n) is 4.69. The minimum atomic E-state index is 0.0260. The van der Waals surface area contributed by atoms with Gasteiger partial charge in [-0.2, -0.15) is 0 Å². The fourth-order valence-electron chi connectivity index (χ4n) is 1.77. The van der Waals surface area contributed by atoms with E-state index in [9.17, 15) is 4.79 Å². The van der Waals surface area contributed by atoms with Crippen LogP contribution in [0.25, 0.3) is 6.08 Å². The molecule has 0 radical (unpaired) electrons. The first-order valence-corrected chi connectivity index (χ1v) is 7.39. The Hall–Kier alpha value is -1.62. The summed E-state index contributed by atoms with van der Waals surface area (Å²) in [6, 6.07) is 15.7. The number of hydrogen-bond acceptors (Lipinski definition) is 2. The van der Waals surface area contributed by atoms with Crippen LogP contribution in [0, 0.1) is 3.57 Å². The van der Waals surface area contributed by atoms with Crippen LogP contribution in [-0.4, -0.2) is 19.9 Å². The highest BCUT2D eigenvalue weighted by molar-refractivity contribution is 14.1. The molecule has 0 saturated heterocycles. The Kier molecular flexibility index (Phi) is 4.95. The molecular formula is C17H16INO. The van der Waals surface area contributed by atoms with Gasteiger partial charge in [-0.1, -0.05) is 30.3 Å². The summed E-state index contributed by atoms with van der Waals surface area (Å²) in [6.07, 6.45) is 3.46. The molecule has 0 aromatic heterocycles. The van der Waals surface area contributed by atoms with Gasteiger partial charge in [-0.05, 0) is 58.5 Å². The number of ketones is 1. The first kappa shape index (κ1) is 14.8. The van der Waals surface area contributed by atoms with E-state index in [-0.39, 0.29) is 5.78 Å². The Labute approximate surface area is 133 Å². The van der Waals surface area contributed by atoms with Crippen LogP contribution in [0.1, 0.15) is 15.9 Å². The topological polar surface area (TPSA) is 20.3 Å². The van der Waals surface area contributed by atoms with Gasteiger partial charge in [-0.25, -0.2) is 0 Å². The van der Waals surface area contributed by atoms with Gasteiger partial charge in [0.2, 0.25) is 0 Å². The lowest BCUT2D eigenvalue weighted by molar-refractivity contribution is 0.104. The van der Waals surface area contributed by atoms with Crippen LogP contribution in [0.15, 0.2) is 54.6 Å². The Morgan fingerprint density at radius 1 is 1.00 bits per heavy atom. The van der Waals surface area contributed by atoms with Crippen molar-refractivity contribution in [2.75, 3.05) is 19.0 Å². The zero-order valence-corrected chi connectivity index (χ0v) is 13.7. The van der Waals surface area contributed by atoms with Gasteiger partial charge in [0, 0.05) is 28.9 Å². The summed E-state index contributed by atoms with van der Waals surface area (Å²) in [5.74, 6) is 0.0260. The minimum Gasteiger partial charge on any atom is -0.378 e. The Morgan fingerprint density at radius 3 is 2.15 bits per heavy atom. The Morgan fingerprint density at radius 2 is 1.60 bits per heavy atom. The molecule has 0 amide bonds. The third kappa shape index (κ3) is 3.93. The highest BCUT2D eigenvalue weighted by Crippen LogP contribution is 2.14. The van der Waals surface area contributed by atoms with E-state index in [4.69, 9.17) is 0 Å². The fourth-order valence-corrected chi connectivity index (χ4v) is 2.13. The van der Waals surface area contributed by atoms with Crippen molar-refractivity contribution < 1.29 is 4.79 Å². The smallest absolute Gasteiger partial charge is 0.185 e. The lowest BCUT2D eigenvalue weighted by Gasteiger charge is -2.11. The van der Waals surface area contributed by atoms with Crippen LogP contribution < -0.4 is 4.90 Å². The minimum absolute atomic E-state index is 0.0260. The van der Waals surface area contributed by atoms with Gasteiger partial charge in [0.1, 0.15) is 0 Å². The summed E-state index contributed by atoms with van der Waals surface area (Å²) in [6.45, 7) is 0. The third-order valence-electron chi connectivity index (χ3n) is 2.97. The molecule has 102 valence electrons. The van der Waals surface area contributed by atoms with E-state index in [0.29, 0.717) is 5.56 Å². The zero-order chi connectivity index (χ0) is 14.5. The maximum Gasteiger partial charge on any atom is 0.185 e. The van der Waals surface area contributed by atoms with Crippen LogP contribution in [0.2, 0.25) is 0 Å². The molecule has 2 aromatic carbocycles. The number of allylic oxidation sites excluding steroid dienone is 1. The molecule has 0 aliphatic carbocycles. The van der Waals surface area contributed by atoms with Gasteiger partial charge in [0.05, 0.1) is 0 Å². The highest BCUT2D eigenvalue weighted by Gasteiger charge is 2.01. The molecule has 0 aliphatic heterocycles. The monoisotopic (exact) mass is 377 g/mol. The maximum absolute atomic E-state index is 12.0. The number of halogens is 1. The van der Waals surface area contributed by atoms with E-state index in [1.807, 2.05) is 73.6 Å². The number of carbonyl (C=O) groups excluding carboxylic acids is 1. The van der Waals surface area contributed by atoms with E-state index in [0.717, 1.165) is 14.8 Å². The molecule has 2 aromatic rings. The molecule has 0 unspecified atom stereocenters. The van der Waals surface area contributed by atoms with Crippen LogP contribution >= 0.6 is 22.6 Å². The molecule has 0 bridgehead atoms. The van der Waals surface area contributed by atoms with Crippen molar-refractivity contribution in [2.24, 2.45) is 0 Å². The molecule has 20 heavy (non-hydrogen) atoms. The summed E-state index contributed by atoms with van der Waals surface area (Å²) in [4.78, 5) is 14.1. The van der Waals surface area contributed by atoms with Crippen LogP contribution in [0.4, 0.5) is 5.69 Å². The molecule has 0 atom stereocenters. The van der Waals surface area contributed by atoms with Crippen LogP contribution in [0.5, 0.6) is 0 Å². The number of rotatable bonds is 4. The number of carbonyl (C=O) groups is 1. The highest BCUT2D eigenvalue weighted by atomic mass is 127. The predicted octanol–water partition coefficient (Wildman–Crippen LogP) is 4.25. The number of hydrogen-bond donors (Lipinski definition) is 0. The van der Waals surface area contributed by atoms with Gasteiger partial charge < -0.3 is 4.90 Å². The molecule has 2 nitrogen and oxygen atoms in total. The number of nitrogens with zero attached hydrogens (tertiary/aromatic N) is 1. The summed E-state index contributed by atoms with van der Waals surface area (Å²) < 4.78 is 1.13. The molecule has 0 heterocycles. The number of benzene rings is 2. The third-order valence-corrected chi connectivity index (χ3v) is 3.68. The molecule has 0 N–H and O–H groups in total. The quantitative estimate of drug-likeness (QED) is 0.451. The van der Waals surface area contributed by atoms with Crippen LogP contribution in [0.3, 0.4) is 0 Å². The largest absolute Gasteiger partial charge is 0.378 e. The van der Waals surface area contributed by atoms with E-state index in [1.54, 1.807) is 6.08 Å². The standard InChI is InChI=1S/C17H16INO/c1-19(2)16-10-3-13(4-11-16)5-12-17(20)14-6-8-15(18)9-7-14/h3-12H,1-2H3/b12-5+. The lowest BCUT2D eigenvalue weighted by Crippen LogP contribution is -2.07. The Bertz CT molecular complexity index is 612. The normalized spacial score (nSPS) is 10.8. The first-order valence-electron chi connectivity index (χ1n) is 6.31. The maximum atomic E-state index is 12.0. The number of anilines is 1. The van der Waals surface area contributed by atoms with Gasteiger partial charge in [-0.3, -0.25) is 4.79 Å². The van der Waals surface area contributed by atoms with Gasteiger partial charge in [0.25, 0.3) is 0 Å². The average Bonchev–Trinajstić information content (AvgIpc) is 2.46. The van der Waals surface area contributed by atoms with Gasteiger partial charge >= 0.3 is 0 Å². The second kappa shape index (κ2) is 6.70. The molecule has 0 spiro atoms. The van der Waals surface area contributed by atoms with E-state index < -0.39 is 0 Å². The molecular weight excluding hydrogens is 361 g/mol. The SMILES string of the molecule is CN(C)c1ccc(/C=C/C(=O)c2ccc(I)cc2)cc1. The molecule has 2 rings (SSSR count). The summed E-state index contributed by atoms with van der Waals surface area (Å²) in [7, 11) is 4.01. The lowest BCUT2D eigenvalue weighted by atomic mass is 10.1. The second-order valence-corrected chi connectivity index (χ2v) is 5.94. The van der Waals surface area contributed by atoms with Crippen molar-refractivity contribution in [3.63, 3.8) is 0 Å². The Balaban J connectivity index is 2.08. The summed E-state index contributed by atoms with van der Waals surface area (Å²) >= 11 is 2.23. The summed E-state index contributed by atoms with van der Waals surface area (Å²) in [5.41, 5.74) is 2.88.